The SMILES string of the molecule is CC(NCc1ccccc1OCCO)c1ccc(-n2ccnc2)cc1. The van der Waals surface area contributed by atoms with Gasteiger partial charge in [0.15, 0.2) is 0 Å². The predicted octanol–water partition coefficient (Wildman–Crippen LogP) is 3.09. The van der Waals surface area contributed by atoms with E-state index in [0.717, 1.165) is 17.0 Å². The van der Waals surface area contributed by atoms with Crippen LogP contribution >= 0.6 is 0 Å². The molecule has 5 heteroatoms. The van der Waals surface area contributed by atoms with Crippen LogP contribution < -0.4 is 10.1 Å². The third-order valence-corrected chi connectivity index (χ3v) is 4.12. The summed E-state index contributed by atoms with van der Waals surface area (Å²) >= 11 is 0. The van der Waals surface area contributed by atoms with Crippen LogP contribution in [0.3, 0.4) is 0 Å². The van der Waals surface area contributed by atoms with Crippen LogP contribution in [0.1, 0.15) is 24.1 Å². The molecule has 0 aliphatic heterocycles. The standard InChI is InChI=1S/C20H23N3O2/c1-16(17-6-8-19(9-7-17)23-11-10-21-15-23)22-14-18-4-2-3-5-20(18)25-13-12-24/h2-11,15-16,22,24H,12-14H2,1H3. The van der Waals surface area contributed by atoms with Crippen molar-refractivity contribution in [3.63, 3.8) is 0 Å². The number of aliphatic hydroxyl groups is 1. The fourth-order valence-electron chi connectivity index (χ4n) is 2.67. The fourth-order valence-corrected chi connectivity index (χ4v) is 2.67. The Morgan fingerprint density at radius 3 is 2.68 bits per heavy atom. The van der Waals surface area contributed by atoms with E-state index in [2.05, 4.69) is 41.5 Å². The molecular formula is C20H23N3O2. The maximum Gasteiger partial charge on any atom is 0.123 e. The van der Waals surface area contributed by atoms with Crippen molar-refractivity contribution in [1.82, 2.24) is 14.9 Å². The summed E-state index contributed by atoms with van der Waals surface area (Å²) in [6, 6.07) is 16.5. The molecule has 0 saturated carbocycles. The van der Waals surface area contributed by atoms with E-state index >= 15 is 0 Å². The number of rotatable bonds is 8. The maximum absolute atomic E-state index is 8.93. The Morgan fingerprint density at radius 2 is 1.96 bits per heavy atom. The lowest BCUT2D eigenvalue weighted by molar-refractivity contribution is 0.200. The second-order valence-corrected chi connectivity index (χ2v) is 5.84. The Morgan fingerprint density at radius 1 is 1.16 bits per heavy atom. The molecule has 2 N–H and O–H groups in total. The summed E-state index contributed by atoms with van der Waals surface area (Å²) in [4.78, 5) is 4.07. The summed E-state index contributed by atoms with van der Waals surface area (Å²) < 4.78 is 7.57. The number of hydrogen-bond acceptors (Lipinski definition) is 4. The molecule has 0 aliphatic carbocycles. The van der Waals surface area contributed by atoms with Crippen LogP contribution in [0.5, 0.6) is 5.75 Å². The van der Waals surface area contributed by atoms with Crippen molar-refractivity contribution in [3.05, 3.63) is 78.4 Å². The minimum absolute atomic E-state index is 0.0153. The Bertz CT molecular complexity index is 770. The van der Waals surface area contributed by atoms with Gasteiger partial charge in [-0.25, -0.2) is 4.98 Å². The van der Waals surface area contributed by atoms with Crippen molar-refractivity contribution in [1.29, 1.82) is 0 Å². The maximum atomic E-state index is 8.93. The van der Waals surface area contributed by atoms with Gasteiger partial charge in [0.25, 0.3) is 0 Å². The minimum atomic E-state index is 0.0153. The van der Waals surface area contributed by atoms with Gasteiger partial charge in [-0.3, -0.25) is 0 Å². The molecule has 3 aromatic rings. The normalized spacial score (nSPS) is 12.1. The molecule has 2 aromatic carbocycles. The van der Waals surface area contributed by atoms with Gasteiger partial charge in [-0.15, -0.1) is 0 Å². The molecule has 0 amide bonds. The monoisotopic (exact) mass is 337 g/mol. The minimum Gasteiger partial charge on any atom is -0.491 e. The van der Waals surface area contributed by atoms with Crippen molar-refractivity contribution in [2.75, 3.05) is 13.2 Å². The number of benzene rings is 2. The molecule has 5 nitrogen and oxygen atoms in total. The highest BCUT2D eigenvalue weighted by molar-refractivity contribution is 5.36. The number of aromatic nitrogens is 2. The summed E-state index contributed by atoms with van der Waals surface area (Å²) in [6.07, 6.45) is 5.49. The molecule has 0 aliphatic rings. The topological polar surface area (TPSA) is 59.3 Å². The molecule has 0 fully saturated rings. The summed E-state index contributed by atoms with van der Waals surface area (Å²) in [5.41, 5.74) is 3.40. The van der Waals surface area contributed by atoms with Crippen LogP contribution in [-0.4, -0.2) is 27.9 Å². The van der Waals surface area contributed by atoms with E-state index in [9.17, 15) is 0 Å². The highest BCUT2D eigenvalue weighted by Gasteiger charge is 2.08. The molecule has 25 heavy (non-hydrogen) atoms. The molecule has 0 radical (unpaired) electrons. The van der Waals surface area contributed by atoms with Crippen LogP contribution in [0.25, 0.3) is 5.69 Å². The first-order valence-electron chi connectivity index (χ1n) is 8.41. The number of hydrogen-bond donors (Lipinski definition) is 2. The van der Waals surface area contributed by atoms with Gasteiger partial charge in [-0.1, -0.05) is 30.3 Å². The van der Waals surface area contributed by atoms with Crippen LogP contribution in [0.15, 0.2) is 67.3 Å². The first kappa shape index (κ1) is 17.2. The third-order valence-electron chi connectivity index (χ3n) is 4.12. The van der Waals surface area contributed by atoms with Crippen LogP contribution in [0.4, 0.5) is 0 Å². The Balaban J connectivity index is 1.62. The third kappa shape index (κ3) is 4.47. The van der Waals surface area contributed by atoms with Crippen LogP contribution in [0, 0.1) is 0 Å². The zero-order valence-corrected chi connectivity index (χ0v) is 14.3. The first-order valence-corrected chi connectivity index (χ1v) is 8.41. The first-order chi connectivity index (χ1) is 12.3. The van der Waals surface area contributed by atoms with Gasteiger partial charge in [-0.05, 0) is 30.7 Å². The molecule has 3 rings (SSSR count). The van der Waals surface area contributed by atoms with Crippen molar-refractivity contribution in [2.45, 2.75) is 19.5 Å². The molecule has 1 aromatic heterocycles. The summed E-state index contributed by atoms with van der Waals surface area (Å²) in [7, 11) is 0. The van der Waals surface area contributed by atoms with E-state index in [1.807, 2.05) is 35.0 Å². The predicted molar refractivity (Wildman–Crippen MR) is 97.8 cm³/mol. The Labute approximate surface area is 147 Å². The average Bonchev–Trinajstić information content (AvgIpc) is 3.20. The molecule has 0 saturated heterocycles. The quantitative estimate of drug-likeness (QED) is 0.663. The van der Waals surface area contributed by atoms with E-state index in [0.29, 0.717) is 13.2 Å². The molecule has 1 heterocycles. The molecule has 0 bridgehead atoms. The average molecular weight is 337 g/mol. The number of nitrogens with zero attached hydrogens (tertiary/aromatic N) is 2. The highest BCUT2D eigenvalue weighted by Crippen LogP contribution is 2.20. The number of imidazole rings is 1. The number of ether oxygens (including phenoxy) is 1. The van der Waals surface area contributed by atoms with Crippen LogP contribution in [-0.2, 0) is 6.54 Å². The van der Waals surface area contributed by atoms with Crippen molar-refractivity contribution in [3.8, 4) is 11.4 Å². The highest BCUT2D eigenvalue weighted by atomic mass is 16.5. The fraction of sp³-hybridized carbons (Fsp3) is 0.250. The lowest BCUT2D eigenvalue weighted by Gasteiger charge is -2.17. The van der Waals surface area contributed by atoms with Crippen LogP contribution in [0.2, 0.25) is 0 Å². The number of aliphatic hydroxyl groups excluding tert-OH is 1. The van der Waals surface area contributed by atoms with Gasteiger partial charge < -0.3 is 19.7 Å². The van der Waals surface area contributed by atoms with Crippen molar-refractivity contribution >= 4 is 0 Å². The zero-order chi connectivity index (χ0) is 17.5. The molecule has 130 valence electrons. The summed E-state index contributed by atoms with van der Waals surface area (Å²) in [5.74, 6) is 0.812. The molecule has 1 unspecified atom stereocenters. The van der Waals surface area contributed by atoms with Crippen molar-refractivity contribution in [2.24, 2.45) is 0 Å². The Kier molecular flexibility index (Phi) is 5.82. The zero-order valence-electron chi connectivity index (χ0n) is 14.3. The second kappa shape index (κ2) is 8.46. The number of para-hydroxylation sites is 1. The van der Waals surface area contributed by atoms with E-state index in [-0.39, 0.29) is 12.6 Å². The summed E-state index contributed by atoms with van der Waals surface area (Å²) in [5, 5.41) is 12.5. The van der Waals surface area contributed by atoms with Gasteiger partial charge in [0.05, 0.1) is 12.9 Å². The van der Waals surface area contributed by atoms with Gasteiger partial charge in [0.2, 0.25) is 0 Å². The van der Waals surface area contributed by atoms with Gasteiger partial charge in [0.1, 0.15) is 12.4 Å². The summed E-state index contributed by atoms with van der Waals surface area (Å²) in [6.45, 7) is 3.17. The van der Waals surface area contributed by atoms with Gasteiger partial charge in [0, 0.05) is 36.2 Å². The van der Waals surface area contributed by atoms with E-state index in [1.165, 1.54) is 5.56 Å². The largest absolute Gasteiger partial charge is 0.491 e. The Hall–Kier alpha value is -2.63. The van der Waals surface area contributed by atoms with Gasteiger partial charge >= 0.3 is 0 Å². The van der Waals surface area contributed by atoms with E-state index < -0.39 is 0 Å². The van der Waals surface area contributed by atoms with Crippen molar-refractivity contribution < 1.29 is 9.84 Å². The lowest BCUT2D eigenvalue weighted by Crippen LogP contribution is -2.19. The van der Waals surface area contributed by atoms with Gasteiger partial charge in [-0.2, -0.15) is 0 Å². The second-order valence-electron chi connectivity index (χ2n) is 5.84. The molecule has 1 atom stereocenters. The molecular weight excluding hydrogens is 314 g/mol. The smallest absolute Gasteiger partial charge is 0.123 e. The van der Waals surface area contributed by atoms with E-state index in [1.54, 1.807) is 12.5 Å². The number of nitrogens with one attached hydrogen (secondary N) is 1. The van der Waals surface area contributed by atoms with E-state index in [4.69, 9.17) is 9.84 Å². The molecule has 0 spiro atoms. The lowest BCUT2D eigenvalue weighted by atomic mass is 10.1.